The molecule has 0 fully saturated rings. The Morgan fingerprint density at radius 3 is 2.60 bits per heavy atom. The summed E-state index contributed by atoms with van der Waals surface area (Å²) in [5.41, 5.74) is 0. The Balaban J connectivity index is 4.08. The Bertz CT molecular complexity index is 142. The van der Waals surface area contributed by atoms with E-state index >= 15 is 0 Å². The zero-order valence-electron chi connectivity index (χ0n) is 6.57. The van der Waals surface area contributed by atoms with Gasteiger partial charge in [0.25, 0.3) is 0 Å². The molecule has 0 saturated heterocycles. The molecular weight excluding hydrogens is 130 g/mol. The third-order valence-corrected chi connectivity index (χ3v) is 1.27. The lowest BCUT2D eigenvalue weighted by atomic mass is 10.5. The number of aliphatic imine (C=N–C) groups is 1. The lowest BCUT2D eigenvalue weighted by Crippen LogP contribution is -2.27. The van der Waals surface area contributed by atoms with Gasteiger partial charge in [0.2, 0.25) is 0 Å². The molecule has 0 aliphatic heterocycles. The fourth-order valence-electron chi connectivity index (χ4n) is 0.541. The minimum atomic E-state index is 0.671. The molecule has 0 atom stereocenters. The van der Waals surface area contributed by atoms with E-state index in [1.54, 1.807) is 7.05 Å². The quantitative estimate of drug-likeness (QED) is 0.264. The molecular formula is C6H13N3O. The van der Waals surface area contributed by atoms with Gasteiger partial charge in [0.05, 0.1) is 0 Å². The van der Waals surface area contributed by atoms with Crippen molar-refractivity contribution < 1.29 is 5.21 Å². The van der Waals surface area contributed by atoms with Crippen LogP contribution in [-0.4, -0.2) is 42.8 Å². The molecule has 1 N–H and O–H groups in total. The standard InChI is InChI=1S/C6H13N3O/c1-4-9(3)6(7-2)5-8-10/h5,10H,4H2,1-3H3. The first-order valence-corrected chi connectivity index (χ1v) is 3.11. The molecule has 58 valence electrons. The lowest BCUT2D eigenvalue weighted by molar-refractivity contribution is 0.322. The van der Waals surface area contributed by atoms with Gasteiger partial charge in [-0.25, -0.2) is 0 Å². The minimum absolute atomic E-state index is 0.671. The molecule has 10 heavy (non-hydrogen) atoms. The first kappa shape index (κ1) is 8.94. The van der Waals surface area contributed by atoms with Crippen LogP contribution in [-0.2, 0) is 0 Å². The van der Waals surface area contributed by atoms with E-state index in [4.69, 9.17) is 5.21 Å². The molecule has 4 heteroatoms. The summed E-state index contributed by atoms with van der Waals surface area (Å²) in [5.74, 6) is 0.671. The van der Waals surface area contributed by atoms with Crippen molar-refractivity contribution in [3.63, 3.8) is 0 Å². The molecule has 0 heterocycles. The van der Waals surface area contributed by atoms with Crippen LogP contribution in [0.4, 0.5) is 0 Å². The second kappa shape index (κ2) is 4.78. The first-order valence-electron chi connectivity index (χ1n) is 3.11. The maximum Gasteiger partial charge on any atom is 0.145 e. The maximum absolute atomic E-state index is 8.17. The summed E-state index contributed by atoms with van der Waals surface area (Å²) in [6.45, 7) is 2.84. The molecule has 0 saturated carbocycles. The predicted molar refractivity (Wildman–Crippen MR) is 41.9 cm³/mol. The molecule has 0 amide bonds. The third-order valence-electron chi connectivity index (χ3n) is 1.27. The topological polar surface area (TPSA) is 48.2 Å². The Kier molecular flexibility index (Phi) is 4.28. The number of oxime groups is 1. The lowest BCUT2D eigenvalue weighted by Gasteiger charge is -2.14. The molecule has 0 aliphatic carbocycles. The van der Waals surface area contributed by atoms with Crippen LogP contribution in [0.5, 0.6) is 0 Å². The normalized spacial score (nSPS) is 12.5. The number of amidine groups is 1. The van der Waals surface area contributed by atoms with Gasteiger partial charge in [-0.2, -0.15) is 0 Å². The molecule has 0 aromatic heterocycles. The molecule has 4 nitrogen and oxygen atoms in total. The fourth-order valence-corrected chi connectivity index (χ4v) is 0.541. The summed E-state index contributed by atoms with van der Waals surface area (Å²) >= 11 is 0. The van der Waals surface area contributed by atoms with E-state index in [2.05, 4.69) is 10.1 Å². The van der Waals surface area contributed by atoms with E-state index in [-0.39, 0.29) is 0 Å². The molecule has 0 bridgehead atoms. The van der Waals surface area contributed by atoms with Gasteiger partial charge in [0.15, 0.2) is 0 Å². The van der Waals surface area contributed by atoms with Crippen LogP contribution in [0, 0.1) is 0 Å². The average Bonchev–Trinajstić information content (AvgIpc) is 1.99. The van der Waals surface area contributed by atoms with Gasteiger partial charge >= 0.3 is 0 Å². The van der Waals surface area contributed by atoms with Crippen LogP contribution in [0.1, 0.15) is 6.92 Å². The van der Waals surface area contributed by atoms with Crippen LogP contribution in [0.3, 0.4) is 0 Å². The van der Waals surface area contributed by atoms with Crippen molar-refractivity contribution in [3.8, 4) is 0 Å². The van der Waals surface area contributed by atoms with Gasteiger partial charge < -0.3 is 10.1 Å². The summed E-state index contributed by atoms with van der Waals surface area (Å²) in [4.78, 5) is 5.76. The summed E-state index contributed by atoms with van der Waals surface area (Å²) in [6.07, 6.45) is 1.31. The van der Waals surface area contributed by atoms with Crippen LogP contribution >= 0.6 is 0 Å². The molecule has 0 spiro atoms. The van der Waals surface area contributed by atoms with Crippen molar-refractivity contribution in [2.24, 2.45) is 10.1 Å². The Morgan fingerprint density at radius 1 is 1.70 bits per heavy atom. The molecule has 0 aromatic rings. The summed E-state index contributed by atoms with van der Waals surface area (Å²) in [6, 6.07) is 0. The number of hydrogen-bond donors (Lipinski definition) is 1. The van der Waals surface area contributed by atoms with Gasteiger partial charge in [0, 0.05) is 20.6 Å². The monoisotopic (exact) mass is 143 g/mol. The number of hydrogen-bond acceptors (Lipinski definition) is 3. The summed E-state index contributed by atoms with van der Waals surface area (Å²) in [5, 5.41) is 11.1. The highest BCUT2D eigenvalue weighted by Gasteiger charge is 1.97. The highest BCUT2D eigenvalue weighted by Crippen LogP contribution is 1.82. The van der Waals surface area contributed by atoms with Crippen molar-refractivity contribution in [2.45, 2.75) is 6.92 Å². The van der Waals surface area contributed by atoms with Gasteiger partial charge in [-0.15, -0.1) is 0 Å². The Labute approximate surface area is 60.9 Å². The van der Waals surface area contributed by atoms with Crippen LogP contribution in [0.25, 0.3) is 0 Å². The van der Waals surface area contributed by atoms with Crippen molar-refractivity contribution in [1.82, 2.24) is 4.90 Å². The van der Waals surface area contributed by atoms with Gasteiger partial charge in [0.1, 0.15) is 12.1 Å². The van der Waals surface area contributed by atoms with E-state index < -0.39 is 0 Å². The van der Waals surface area contributed by atoms with Crippen molar-refractivity contribution in [3.05, 3.63) is 0 Å². The molecule has 0 aromatic carbocycles. The van der Waals surface area contributed by atoms with Crippen molar-refractivity contribution in [2.75, 3.05) is 20.6 Å². The highest BCUT2D eigenvalue weighted by atomic mass is 16.4. The summed E-state index contributed by atoms with van der Waals surface area (Å²) < 4.78 is 0. The Hall–Kier alpha value is -1.06. The zero-order valence-corrected chi connectivity index (χ0v) is 6.57. The smallest absolute Gasteiger partial charge is 0.145 e. The first-order chi connectivity index (χ1) is 4.76. The van der Waals surface area contributed by atoms with Gasteiger partial charge in [-0.1, -0.05) is 5.16 Å². The largest absolute Gasteiger partial charge is 0.411 e. The third kappa shape index (κ3) is 2.48. The van der Waals surface area contributed by atoms with E-state index in [0.29, 0.717) is 5.84 Å². The second-order valence-corrected chi connectivity index (χ2v) is 1.84. The molecule has 0 radical (unpaired) electrons. The van der Waals surface area contributed by atoms with E-state index in [1.165, 1.54) is 6.21 Å². The predicted octanol–water partition coefficient (Wildman–Crippen LogP) is 0.426. The van der Waals surface area contributed by atoms with Crippen LogP contribution in [0.15, 0.2) is 10.1 Å². The van der Waals surface area contributed by atoms with Gasteiger partial charge in [-0.05, 0) is 6.92 Å². The van der Waals surface area contributed by atoms with E-state index in [9.17, 15) is 0 Å². The average molecular weight is 143 g/mol. The van der Waals surface area contributed by atoms with E-state index in [0.717, 1.165) is 6.54 Å². The fraction of sp³-hybridized carbons (Fsp3) is 0.667. The number of rotatable bonds is 2. The maximum atomic E-state index is 8.17. The van der Waals surface area contributed by atoms with Crippen molar-refractivity contribution >= 4 is 12.1 Å². The molecule has 0 unspecified atom stereocenters. The molecule has 0 rings (SSSR count). The van der Waals surface area contributed by atoms with Gasteiger partial charge in [-0.3, -0.25) is 4.99 Å². The zero-order chi connectivity index (χ0) is 7.98. The number of nitrogens with zero attached hydrogens (tertiary/aromatic N) is 3. The van der Waals surface area contributed by atoms with Crippen LogP contribution in [0.2, 0.25) is 0 Å². The van der Waals surface area contributed by atoms with E-state index in [1.807, 2.05) is 18.9 Å². The summed E-state index contributed by atoms with van der Waals surface area (Å²) in [7, 11) is 3.53. The van der Waals surface area contributed by atoms with Crippen LogP contribution < -0.4 is 0 Å². The SMILES string of the molecule is CCN(C)C(C=NO)=NC. The Morgan fingerprint density at radius 2 is 2.30 bits per heavy atom. The minimum Gasteiger partial charge on any atom is -0.411 e. The molecule has 0 aliphatic rings. The van der Waals surface area contributed by atoms with Crippen molar-refractivity contribution in [1.29, 1.82) is 0 Å². The highest BCUT2D eigenvalue weighted by molar-refractivity contribution is 6.28. The second-order valence-electron chi connectivity index (χ2n) is 1.84.